The van der Waals surface area contributed by atoms with Crippen LogP contribution in [0.15, 0.2) is 48.5 Å². The first-order chi connectivity index (χ1) is 11.8. The molecular formula is C21H25IN2. The van der Waals surface area contributed by atoms with Crippen LogP contribution in [0.25, 0.3) is 0 Å². The zero-order valence-electron chi connectivity index (χ0n) is 14.1. The first-order valence-electron chi connectivity index (χ1n) is 9.11. The van der Waals surface area contributed by atoms with E-state index in [0.29, 0.717) is 0 Å². The van der Waals surface area contributed by atoms with Crippen molar-refractivity contribution >= 4 is 28.3 Å². The van der Waals surface area contributed by atoms with Crippen molar-refractivity contribution < 1.29 is 0 Å². The molecule has 2 aliphatic rings. The Kier molecular flexibility index (Phi) is 5.09. The topological polar surface area (TPSA) is 6.48 Å². The summed E-state index contributed by atoms with van der Waals surface area (Å²) in [5, 5.41) is 0. The molecule has 3 heteroatoms. The van der Waals surface area contributed by atoms with Crippen LogP contribution in [0.3, 0.4) is 0 Å². The van der Waals surface area contributed by atoms with Gasteiger partial charge in [0.2, 0.25) is 0 Å². The Labute approximate surface area is 159 Å². The Balaban J connectivity index is 1.31. The smallest absolute Gasteiger partial charge is 0.0402 e. The molecule has 2 heterocycles. The monoisotopic (exact) mass is 432 g/mol. The molecule has 1 fully saturated rings. The fourth-order valence-electron chi connectivity index (χ4n) is 4.16. The number of fused-ring (bicyclic) bond motifs is 1. The summed E-state index contributed by atoms with van der Waals surface area (Å²) in [6, 6.07) is 18.6. The van der Waals surface area contributed by atoms with E-state index >= 15 is 0 Å². The predicted octanol–water partition coefficient (Wildman–Crippen LogP) is 4.36. The van der Waals surface area contributed by atoms with Crippen LogP contribution in [-0.2, 0) is 12.8 Å². The summed E-state index contributed by atoms with van der Waals surface area (Å²) in [4.78, 5) is 5.33. The maximum atomic E-state index is 2.68. The highest BCUT2D eigenvalue weighted by molar-refractivity contribution is 14.1. The molecule has 1 saturated heterocycles. The van der Waals surface area contributed by atoms with Gasteiger partial charge in [-0.2, -0.15) is 0 Å². The van der Waals surface area contributed by atoms with E-state index in [0.717, 1.165) is 6.04 Å². The van der Waals surface area contributed by atoms with Crippen molar-refractivity contribution in [3.8, 4) is 0 Å². The number of hydrogen-bond acceptors (Lipinski definition) is 2. The predicted molar refractivity (Wildman–Crippen MR) is 110 cm³/mol. The molecule has 0 bridgehead atoms. The normalized spacial score (nSPS) is 18.8. The molecule has 0 spiro atoms. The van der Waals surface area contributed by atoms with Crippen LogP contribution < -0.4 is 4.90 Å². The molecule has 2 aliphatic heterocycles. The highest BCUT2D eigenvalue weighted by Gasteiger charge is 2.29. The average molecular weight is 432 g/mol. The molecular weight excluding hydrogens is 407 g/mol. The summed E-state index contributed by atoms with van der Waals surface area (Å²) >= 11 is 2.43. The van der Waals surface area contributed by atoms with Crippen LogP contribution in [0.1, 0.15) is 24.0 Å². The van der Waals surface area contributed by atoms with E-state index in [9.17, 15) is 0 Å². The minimum absolute atomic E-state index is 0.735. The van der Waals surface area contributed by atoms with Crippen LogP contribution in [0.2, 0.25) is 0 Å². The molecule has 2 aromatic rings. The molecule has 0 saturated carbocycles. The van der Waals surface area contributed by atoms with E-state index in [-0.39, 0.29) is 0 Å². The van der Waals surface area contributed by atoms with Crippen molar-refractivity contribution in [2.45, 2.75) is 31.7 Å². The van der Waals surface area contributed by atoms with Gasteiger partial charge in [0.1, 0.15) is 0 Å². The van der Waals surface area contributed by atoms with Crippen molar-refractivity contribution in [2.24, 2.45) is 0 Å². The maximum Gasteiger partial charge on any atom is 0.0402 e. The lowest BCUT2D eigenvalue weighted by atomic mass is 10.0. The Morgan fingerprint density at radius 3 is 2.54 bits per heavy atom. The average Bonchev–Trinajstić information content (AvgIpc) is 3.04. The summed E-state index contributed by atoms with van der Waals surface area (Å²) in [7, 11) is 0. The first kappa shape index (κ1) is 16.4. The largest absolute Gasteiger partial charge is 0.368 e. The first-order valence-corrected chi connectivity index (χ1v) is 10.2. The van der Waals surface area contributed by atoms with Gasteiger partial charge in [-0.05, 0) is 77.6 Å². The van der Waals surface area contributed by atoms with Gasteiger partial charge in [0.15, 0.2) is 0 Å². The van der Waals surface area contributed by atoms with E-state index < -0.39 is 0 Å². The van der Waals surface area contributed by atoms with Gasteiger partial charge in [-0.3, -0.25) is 0 Å². The third kappa shape index (κ3) is 3.62. The van der Waals surface area contributed by atoms with Gasteiger partial charge in [-0.15, -0.1) is 0 Å². The lowest BCUT2D eigenvalue weighted by molar-refractivity contribution is 0.212. The second-order valence-corrected chi connectivity index (χ2v) is 8.27. The van der Waals surface area contributed by atoms with Crippen LogP contribution >= 0.6 is 22.6 Å². The zero-order valence-corrected chi connectivity index (χ0v) is 16.3. The maximum absolute atomic E-state index is 2.68. The number of nitrogens with zero attached hydrogens (tertiary/aromatic N) is 2. The molecule has 0 atom stereocenters. The molecule has 0 radical (unpaired) electrons. The number of anilines is 1. The zero-order chi connectivity index (χ0) is 16.4. The Bertz CT molecular complexity index is 677. The van der Waals surface area contributed by atoms with Gasteiger partial charge in [0.05, 0.1) is 0 Å². The van der Waals surface area contributed by atoms with Gasteiger partial charge < -0.3 is 9.80 Å². The minimum Gasteiger partial charge on any atom is -0.368 e. The van der Waals surface area contributed by atoms with E-state index in [1.54, 1.807) is 5.56 Å². The molecule has 0 aromatic heterocycles. The third-order valence-corrected chi connectivity index (χ3v) is 6.20. The van der Waals surface area contributed by atoms with Gasteiger partial charge in [0.25, 0.3) is 0 Å². The molecule has 2 aromatic carbocycles. The lowest BCUT2D eigenvalue weighted by Crippen LogP contribution is -2.44. The van der Waals surface area contributed by atoms with Crippen molar-refractivity contribution in [3.63, 3.8) is 0 Å². The second-order valence-electron chi connectivity index (χ2n) is 7.02. The number of piperidine rings is 1. The van der Waals surface area contributed by atoms with Crippen LogP contribution in [0, 0.1) is 3.57 Å². The highest BCUT2D eigenvalue weighted by Crippen LogP contribution is 2.33. The highest BCUT2D eigenvalue weighted by atomic mass is 127. The quantitative estimate of drug-likeness (QED) is 0.663. The summed E-state index contributed by atoms with van der Waals surface area (Å²) in [5.41, 5.74) is 4.51. The molecule has 0 N–H and O–H groups in total. The number of hydrogen-bond donors (Lipinski definition) is 0. The molecule has 24 heavy (non-hydrogen) atoms. The standard InChI is InChI=1S/C21H25IN2/c22-19-6-7-21-18(16-19)9-15-24(21)20-10-13-23(14-11-20)12-8-17-4-2-1-3-5-17/h1-7,16,20H,8-15H2. The van der Waals surface area contributed by atoms with Crippen LogP contribution in [-0.4, -0.2) is 37.1 Å². The van der Waals surface area contributed by atoms with Gasteiger partial charge in [-0.1, -0.05) is 30.3 Å². The van der Waals surface area contributed by atoms with Gasteiger partial charge in [0, 0.05) is 41.5 Å². The second kappa shape index (κ2) is 7.44. The number of rotatable bonds is 4. The Hall–Kier alpha value is -1.07. The Morgan fingerprint density at radius 2 is 1.75 bits per heavy atom. The van der Waals surface area contributed by atoms with E-state index in [4.69, 9.17) is 0 Å². The van der Waals surface area contributed by atoms with E-state index in [1.807, 2.05) is 0 Å². The van der Waals surface area contributed by atoms with Crippen LogP contribution in [0.5, 0.6) is 0 Å². The summed E-state index contributed by atoms with van der Waals surface area (Å²) in [6.07, 6.45) is 5.01. The molecule has 4 rings (SSSR count). The van der Waals surface area contributed by atoms with Gasteiger partial charge >= 0.3 is 0 Å². The molecule has 2 nitrogen and oxygen atoms in total. The summed E-state index contributed by atoms with van der Waals surface area (Å²) in [6.45, 7) is 4.90. The number of halogens is 1. The van der Waals surface area contributed by atoms with Crippen molar-refractivity contribution in [3.05, 3.63) is 63.2 Å². The fraction of sp³-hybridized carbons (Fsp3) is 0.429. The van der Waals surface area contributed by atoms with Crippen molar-refractivity contribution in [1.82, 2.24) is 4.90 Å². The molecule has 126 valence electrons. The van der Waals surface area contributed by atoms with Crippen LogP contribution in [0.4, 0.5) is 5.69 Å². The fourth-order valence-corrected chi connectivity index (χ4v) is 4.72. The molecule has 0 unspecified atom stereocenters. The lowest BCUT2D eigenvalue weighted by Gasteiger charge is -2.38. The van der Waals surface area contributed by atoms with E-state index in [1.165, 1.54) is 66.7 Å². The van der Waals surface area contributed by atoms with Crippen molar-refractivity contribution in [1.29, 1.82) is 0 Å². The van der Waals surface area contributed by atoms with Gasteiger partial charge in [-0.25, -0.2) is 0 Å². The summed E-state index contributed by atoms with van der Waals surface area (Å²) in [5.74, 6) is 0. The Morgan fingerprint density at radius 1 is 0.958 bits per heavy atom. The SMILES string of the molecule is Ic1ccc2c(c1)CCN2C1CCN(CCc2ccccc2)CC1. The van der Waals surface area contributed by atoms with E-state index in [2.05, 4.69) is 80.9 Å². The number of benzene rings is 2. The minimum atomic E-state index is 0.735. The molecule has 0 amide bonds. The number of likely N-dealkylation sites (tertiary alicyclic amines) is 1. The summed E-state index contributed by atoms with van der Waals surface area (Å²) < 4.78 is 1.36. The third-order valence-electron chi connectivity index (χ3n) is 5.53. The van der Waals surface area contributed by atoms with Crippen molar-refractivity contribution in [2.75, 3.05) is 31.1 Å². The molecule has 0 aliphatic carbocycles.